The maximum absolute atomic E-state index is 11.4. The summed E-state index contributed by atoms with van der Waals surface area (Å²) in [7, 11) is 1.58. The van der Waals surface area contributed by atoms with Crippen LogP contribution >= 0.6 is 11.8 Å². The van der Waals surface area contributed by atoms with E-state index >= 15 is 0 Å². The van der Waals surface area contributed by atoms with Crippen molar-refractivity contribution in [2.75, 3.05) is 12.4 Å². The minimum absolute atomic E-state index is 0.0488. The normalized spacial score (nSPS) is 13.0. The molecule has 24 heavy (non-hydrogen) atoms. The maximum atomic E-state index is 11.4. The second kappa shape index (κ2) is 6.09. The molecule has 2 aromatic heterocycles. The maximum Gasteiger partial charge on any atom is 0.228 e. The van der Waals surface area contributed by atoms with Gasteiger partial charge in [-0.15, -0.1) is 0 Å². The first kappa shape index (κ1) is 14.9. The standard InChI is InChI=1S/C17H14N4O2S/c1-23-15-5-3-11-8-18-17(21-16(11)20-15)24-9-10-2-4-13-12(6-10)7-14(22)19-13/h2-6,8H,7,9H2,1H3,(H,19,22). The fourth-order valence-corrected chi connectivity index (χ4v) is 3.33. The Balaban J connectivity index is 1.52. The molecular formula is C17H14N4O2S. The molecule has 3 heterocycles. The number of pyridine rings is 1. The summed E-state index contributed by atoms with van der Waals surface area (Å²) in [5, 5.41) is 4.38. The molecule has 1 N–H and O–H groups in total. The van der Waals surface area contributed by atoms with E-state index in [1.807, 2.05) is 18.2 Å². The Labute approximate surface area is 142 Å². The molecule has 0 bridgehead atoms. The van der Waals surface area contributed by atoms with Crippen molar-refractivity contribution in [3.8, 4) is 5.88 Å². The highest BCUT2D eigenvalue weighted by Crippen LogP contribution is 2.27. The van der Waals surface area contributed by atoms with E-state index in [0.29, 0.717) is 23.1 Å². The Bertz CT molecular complexity index is 945. The molecule has 0 spiro atoms. The van der Waals surface area contributed by atoms with Crippen molar-refractivity contribution in [2.45, 2.75) is 17.3 Å². The monoisotopic (exact) mass is 338 g/mol. The van der Waals surface area contributed by atoms with E-state index in [-0.39, 0.29) is 5.91 Å². The second-order valence-electron chi connectivity index (χ2n) is 5.42. The van der Waals surface area contributed by atoms with Crippen LogP contribution in [0.2, 0.25) is 0 Å². The molecule has 120 valence electrons. The highest BCUT2D eigenvalue weighted by molar-refractivity contribution is 7.98. The molecule has 0 unspecified atom stereocenters. The Hall–Kier alpha value is -2.67. The van der Waals surface area contributed by atoms with Crippen molar-refractivity contribution in [3.63, 3.8) is 0 Å². The smallest absolute Gasteiger partial charge is 0.228 e. The second-order valence-corrected chi connectivity index (χ2v) is 6.37. The van der Waals surface area contributed by atoms with Crippen LogP contribution in [0.15, 0.2) is 41.7 Å². The van der Waals surface area contributed by atoms with E-state index < -0.39 is 0 Å². The Morgan fingerprint density at radius 1 is 1.25 bits per heavy atom. The third kappa shape index (κ3) is 2.90. The summed E-state index contributed by atoms with van der Waals surface area (Å²) < 4.78 is 5.13. The lowest BCUT2D eigenvalue weighted by molar-refractivity contribution is -0.115. The SMILES string of the molecule is COc1ccc2cnc(SCc3ccc4c(c3)CC(=O)N4)nc2n1. The van der Waals surface area contributed by atoms with E-state index in [0.717, 1.165) is 28.0 Å². The number of nitrogens with zero attached hydrogens (tertiary/aromatic N) is 3. The number of rotatable bonds is 4. The predicted octanol–water partition coefficient (Wildman–Crippen LogP) is 2.82. The number of nitrogens with one attached hydrogen (secondary N) is 1. The molecule has 0 saturated carbocycles. The number of amides is 1. The van der Waals surface area contributed by atoms with Crippen molar-refractivity contribution in [2.24, 2.45) is 0 Å². The molecule has 1 aromatic carbocycles. The Kier molecular flexibility index (Phi) is 3.78. The minimum Gasteiger partial charge on any atom is -0.481 e. The number of anilines is 1. The van der Waals surface area contributed by atoms with Gasteiger partial charge in [0.1, 0.15) is 0 Å². The predicted molar refractivity (Wildman–Crippen MR) is 92.2 cm³/mol. The van der Waals surface area contributed by atoms with Gasteiger partial charge < -0.3 is 10.1 Å². The summed E-state index contributed by atoms with van der Waals surface area (Å²) >= 11 is 1.54. The zero-order valence-electron chi connectivity index (χ0n) is 12.9. The van der Waals surface area contributed by atoms with Crippen LogP contribution in [0.3, 0.4) is 0 Å². The van der Waals surface area contributed by atoms with Gasteiger partial charge >= 0.3 is 0 Å². The summed E-state index contributed by atoms with van der Waals surface area (Å²) in [4.78, 5) is 24.6. The molecule has 3 aromatic rings. The molecule has 1 aliphatic heterocycles. The zero-order chi connectivity index (χ0) is 16.5. The molecule has 0 saturated heterocycles. The van der Waals surface area contributed by atoms with Crippen molar-refractivity contribution in [1.82, 2.24) is 15.0 Å². The molecule has 1 aliphatic rings. The first-order valence-corrected chi connectivity index (χ1v) is 8.42. The molecule has 0 aliphatic carbocycles. The zero-order valence-corrected chi connectivity index (χ0v) is 13.8. The molecular weight excluding hydrogens is 324 g/mol. The van der Waals surface area contributed by atoms with Crippen LogP contribution in [0.5, 0.6) is 5.88 Å². The minimum atomic E-state index is 0.0488. The largest absolute Gasteiger partial charge is 0.481 e. The van der Waals surface area contributed by atoms with Gasteiger partial charge in [-0.3, -0.25) is 4.79 Å². The number of hydrogen-bond acceptors (Lipinski definition) is 6. The van der Waals surface area contributed by atoms with Gasteiger partial charge in [0, 0.05) is 29.1 Å². The lowest BCUT2D eigenvalue weighted by atomic mass is 10.1. The molecule has 0 atom stereocenters. The molecule has 0 fully saturated rings. The highest BCUT2D eigenvalue weighted by atomic mass is 32.2. The van der Waals surface area contributed by atoms with E-state index in [1.165, 1.54) is 11.8 Å². The number of fused-ring (bicyclic) bond motifs is 2. The average Bonchev–Trinajstić information content (AvgIpc) is 2.98. The van der Waals surface area contributed by atoms with Gasteiger partial charge in [0.25, 0.3) is 0 Å². The number of hydrogen-bond donors (Lipinski definition) is 1. The topological polar surface area (TPSA) is 77.0 Å². The van der Waals surface area contributed by atoms with Crippen LogP contribution in [-0.4, -0.2) is 28.0 Å². The van der Waals surface area contributed by atoms with E-state index in [2.05, 4.69) is 26.3 Å². The third-order valence-electron chi connectivity index (χ3n) is 3.77. The first-order chi connectivity index (χ1) is 11.7. The van der Waals surface area contributed by atoms with Crippen LogP contribution in [0.1, 0.15) is 11.1 Å². The van der Waals surface area contributed by atoms with Crippen molar-refractivity contribution < 1.29 is 9.53 Å². The highest BCUT2D eigenvalue weighted by Gasteiger charge is 2.17. The number of benzene rings is 1. The van der Waals surface area contributed by atoms with Crippen LogP contribution in [0.4, 0.5) is 5.69 Å². The van der Waals surface area contributed by atoms with Gasteiger partial charge in [0.15, 0.2) is 10.8 Å². The van der Waals surface area contributed by atoms with Gasteiger partial charge in [-0.1, -0.05) is 23.9 Å². The van der Waals surface area contributed by atoms with Crippen LogP contribution < -0.4 is 10.1 Å². The van der Waals surface area contributed by atoms with Gasteiger partial charge in [0.2, 0.25) is 11.8 Å². The van der Waals surface area contributed by atoms with Gasteiger partial charge in [0.05, 0.1) is 13.5 Å². The van der Waals surface area contributed by atoms with Gasteiger partial charge in [-0.05, 0) is 23.3 Å². The number of carbonyl (C=O) groups excluding carboxylic acids is 1. The van der Waals surface area contributed by atoms with E-state index in [9.17, 15) is 4.79 Å². The molecule has 6 nitrogen and oxygen atoms in total. The molecule has 7 heteroatoms. The third-order valence-corrected chi connectivity index (χ3v) is 4.70. The number of ether oxygens (including phenoxy) is 1. The number of thioether (sulfide) groups is 1. The summed E-state index contributed by atoms with van der Waals surface area (Å²) in [6.45, 7) is 0. The molecule has 4 rings (SSSR count). The summed E-state index contributed by atoms with van der Waals surface area (Å²) in [6, 6.07) is 9.70. The Morgan fingerprint density at radius 2 is 2.17 bits per heavy atom. The van der Waals surface area contributed by atoms with Crippen LogP contribution in [0, 0.1) is 0 Å². The fourth-order valence-electron chi connectivity index (χ4n) is 2.58. The van der Waals surface area contributed by atoms with Crippen molar-refractivity contribution >= 4 is 34.4 Å². The van der Waals surface area contributed by atoms with E-state index in [4.69, 9.17) is 4.74 Å². The lowest BCUT2D eigenvalue weighted by Crippen LogP contribution is -2.03. The van der Waals surface area contributed by atoms with Gasteiger partial charge in [-0.2, -0.15) is 4.98 Å². The first-order valence-electron chi connectivity index (χ1n) is 7.43. The average molecular weight is 338 g/mol. The molecule has 1 amide bonds. The number of methoxy groups -OCH3 is 1. The summed E-state index contributed by atoms with van der Waals surface area (Å²) in [5.41, 5.74) is 3.71. The lowest BCUT2D eigenvalue weighted by Gasteiger charge is -2.05. The number of aromatic nitrogens is 3. The van der Waals surface area contributed by atoms with E-state index in [1.54, 1.807) is 19.4 Å². The summed E-state index contributed by atoms with van der Waals surface area (Å²) in [5.74, 6) is 1.32. The van der Waals surface area contributed by atoms with Crippen molar-refractivity contribution in [3.05, 3.63) is 47.7 Å². The van der Waals surface area contributed by atoms with Crippen molar-refractivity contribution in [1.29, 1.82) is 0 Å². The fraction of sp³-hybridized carbons (Fsp3) is 0.176. The number of carbonyl (C=O) groups is 1. The summed E-state index contributed by atoms with van der Waals surface area (Å²) in [6.07, 6.45) is 2.21. The molecule has 0 radical (unpaired) electrons. The van der Waals surface area contributed by atoms with Gasteiger partial charge in [-0.25, -0.2) is 9.97 Å². The Morgan fingerprint density at radius 3 is 3.04 bits per heavy atom. The van der Waals surface area contributed by atoms with Crippen LogP contribution in [0.25, 0.3) is 11.0 Å². The van der Waals surface area contributed by atoms with Crippen LogP contribution in [-0.2, 0) is 17.0 Å². The quantitative estimate of drug-likeness (QED) is 0.582.